The summed E-state index contributed by atoms with van der Waals surface area (Å²) in [5.74, 6) is 0.561. The van der Waals surface area contributed by atoms with Crippen molar-refractivity contribution in [2.24, 2.45) is 0 Å². The second-order valence-corrected chi connectivity index (χ2v) is 5.95. The average molecular weight is 266 g/mol. The van der Waals surface area contributed by atoms with Crippen molar-refractivity contribution < 1.29 is 4.42 Å². The van der Waals surface area contributed by atoms with E-state index in [9.17, 15) is 0 Å². The van der Waals surface area contributed by atoms with Gasteiger partial charge in [0.25, 0.3) is 0 Å². The van der Waals surface area contributed by atoms with Gasteiger partial charge in [-0.15, -0.1) is 0 Å². The van der Waals surface area contributed by atoms with E-state index in [2.05, 4.69) is 45.6 Å². The Kier molecular flexibility index (Phi) is 3.29. The third-order valence-electron chi connectivity index (χ3n) is 4.47. The zero-order valence-electron chi connectivity index (χ0n) is 12.6. The SMILES string of the molecule is C=C1C=Cc2c(c(C)c3occc3c2C(C)CCC)C1. The number of fused-ring (bicyclic) bond motifs is 2. The Morgan fingerprint density at radius 3 is 2.90 bits per heavy atom. The van der Waals surface area contributed by atoms with Crippen LogP contribution in [0.5, 0.6) is 0 Å². The van der Waals surface area contributed by atoms with Gasteiger partial charge in [-0.25, -0.2) is 0 Å². The van der Waals surface area contributed by atoms with Gasteiger partial charge >= 0.3 is 0 Å². The van der Waals surface area contributed by atoms with Crippen LogP contribution in [0, 0.1) is 6.92 Å². The number of aryl methyl sites for hydroxylation is 1. The summed E-state index contributed by atoms with van der Waals surface area (Å²) in [6, 6.07) is 2.13. The lowest BCUT2D eigenvalue weighted by molar-refractivity contribution is 0.611. The number of benzene rings is 1. The molecule has 0 saturated carbocycles. The molecule has 20 heavy (non-hydrogen) atoms. The molecule has 0 aliphatic heterocycles. The highest BCUT2D eigenvalue weighted by molar-refractivity contribution is 5.91. The lowest BCUT2D eigenvalue weighted by atomic mass is 9.81. The molecule has 1 aromatic heterocycles. The highest BCUT2D eigenvalue weighted by Crippen LogP contribution is 2.40. The standard InChI is InChI=1S/C19H22O/c1-5-6-13(3)18-15-8-7-12(2)11-17(15)14(4)19-16(18)9-10-20-19/h7-10,13H,2,5-6,11H2,1,3-4H3. The van der Waals surface area contributed by atoms with Crippen LogP contribution in [0.4, 0.5) is 0 Å². The fourth-order valence-electron chi connectivity index (χ4n) is 3.47. The van der Waals surface area contributed by atoms with Crippen LogP contribution >= 0.6 is 0 Å². The van der Waals surface area contributed by atoms with Crippen LogP contribution in [-0.4, -0.2) is 0 Å². The number of hydrogen-bond donors (Lipinski definition) is 0. The van der Waals surface area contributed by atoms with E-state index in [1.54, 1.807) is 0 Å². The largest absolute Gasteiger partial charge is 0.464 e. The van der Waals surface area contributed by atoms with Gasteiger partial charge in [-0.05, 0) is 54.0 Å². The van der Waals surface area contributed by atoms with E-state index in [0.717, 1.165) is 12.0 Å². The number of furan rings is 1. The van der Waals surface area contributed by atoms with Crippen molar-refractivity contribution in [3.63, 3.8) is 0 Å². The van der Waals surface area contributed by atoms with Crippen molar-refractivity contribution in [1.82, 2.24) is 0 Å². The normalized spacial score (nSPS) is 15.7. The maximum atomic E-state index is 5.77. The molecular weight excluding hydrogens is 244 g/mol. The fourth-order valence-corrected chi connectivity index (χ4v) is 3.47. The molecule has 0 amide bonds. The van der Waals surface area contributed by atoms with E-state index >= 15 is 0 Å². The summed E-state index contributed by atoms with van der Waals surface area (Å²) in [7, 11) is 0. The molecule has 0 N–H and O–H groups in total. The molecule has 3 rings (SSSR count). The first kappa shape index (κ1) is 13.2. The number of rotatable bonds is 3. The van der Waals surface area contributed by atoms with Crippen molar-refractivity contribution >= 4 is 17.0 Å². The third kappa shape index (κ3) is 1.93. The van der Waals surface area contributed by atoms with Gasteiger partial charge in [0, 0.05) is 5.39 Å². The predicted molar refractivity (Wildman–Crippen MR) is 86.2 cm³/mol. The molecule has 0 fully saturated rings. The van der Waals surface area contributed by atoms with Crippen LogP contribution in [0.1, 0.15) is 54.9 Å². The summed E-state index contributed by atoms with van der Waals surface area (Å²) in [5, 5.41) is 1.29. The van der Waals surface area contributed by atoms with Crippen molar-refractivity contribution in [3.05, 3.63) is 52.8 Å². The fraction of sp³-hybridized carbons (Fsp3) is 0.368. The van der Waals surface area contributed by atoms with Crippen LogP contribution < -0.4 is 0 Å². The van der Waals surface area contributed by atoms with Crippen LogP contribution in [-0.2, 0) is 6.42 Å². The maximum Gasteiger partial charge on any atom is 0.137 e. The van der Waals surface area contributed by atoms with Crippen molar-refractivity contribution in [2.75, 3.05) is 0 Å². The van der Waals surface area contributed by atoms with Crippen molar-refractivity contribution in [3.8, 4) is 0 Å². The lowest BCUT2D eigenvalue weighted by Crippen LogP contribution is -2.07. The molecule has 104 valence electrons. The number of hydrogen-bond acceptors (Lipinski definition) is 1. The molecule has 0 radical (unpaired) electrons. The van der Waals surface area contributed by atoms with E-state index in [1.807, 2.05) is 6.26 Å². The summed E-state index contributed by atoms with van der Waals surface area (Å²) in [6.07, 6.45) is 9.60. The maximum absolute atomic E-state index is 5.77. The molecule has 1 aliphatic rings. The van der Waals surface area contributed by atoms with E-state index in [4.69, 9.17) is 4.42 Å². The zero-order chi connectivity index (χ0) is 14.3. The van der Waals surface area contributed by atoms with Crippen LogP contribution in [0.2, 0.25) is 0 Å². The van der Waals surface area contributed by atoms with Gasteiger partial charge in [0.15, 0.2) is 0 Å². The minimum absolute atomic E-state index is 0.561. The molecule has 1 heterocycles. The average Bonchev–Trinajstić information content (AvgIpc) is 2.89. The summed E-state index contributed by atoms with van der Waals surface area (Å²) < 4.78 is 5.77. The molecule has 0 spiro atoms. The Labute approximate surface area is 121 Å². The summed E-state index contributed by atoms with van der Waals surface area (Å²) in [4.78, 5) is 0. The highest BCUT2D eigenvalue weighted by atomic mass is 16.3. The first-order chi connectivity index (χ1) is 9.63. The first-order valence-electron chi connectivity index (χ1n) is 7.51. The molecule has 1 aromatic carbocycles. The third-order valence-corrected chi connectivity index (χ3v) is 4.47. The Hall–Kier alpha value is -1.76. The Morgan fingerprint density at radius 1 is 1.35 bits per heavy atom. The first-order valence-corrected chi connectivity index (χ1v) is 7.51. The molecule has 1 atom stereocenters. The van der Waals surface area contributed by atoms with E-state index in [-0.39, 0.29) is 0 Å². The molecule has 0 saturated heterocycles. The Morgan fingerprint density at radius 2 is 2.15 bits per heavy atom. The molecule has 2 aromatic rings. The van der Waals surface area contributed by atoms with Crippen molar-refractivity contribution in [2.45, 2.75) is 46.0 Å². The molecule has 1 nitrogen and oxygen atoms in total. The second kappa shape index (κ2) is 4.97. The molecule has 1 aliphatic carbocycles. The summed E-state index contributed by atoms with van der Waals surface area (Å²) >= 11 is 0. The van der Waals surface area contributed by atoms with Gasteiger partial charge in [0.05, 0.1) is 6.26 Å². The molecule has 1 unspecified atom stereocenters. The predicted octanol–water partition coefficient (Wildman–Crippen LogP) is 5.77. The van der Waals surface area contributed by atoms with Gasteiger partial charge in [0.2, 0.25) is 0 Å². The summed E-state index contributed by atoms with van der Waals surface area (Å²) in [5.41, 5.74) is 7.78. The molecule has 0 bridgehead atoms. The van der Waals surface area contributed by atoms with Gasteiger partial charge in [-0.2, -0.15) is 0 Å². The van der Waals surface area contributed by atoms with Crippen LogP contribution in [0.15, 0.2) is 35.0 Å². The van der Waals surface area contributed by atoms with Gasteiger partial charge in [0.1, 0.15) is 5.58 Å². The van der Waals surface area contributed by atoms with Gasteiger partial charge < -0.3 is 4.42 Å². The summed E-state index contributed by atoms with van der Waals surface area (Å²) in [6.45, 7) is 10.9. The highest BCUT2D eigenvalue weighted by Gasteiger charge is 2.22. The smallest absolute Gasteiger partial charge is 0.137 e. The van der Waals surface area contributed by atoms with Crippen molar-refractivity contribution in [1.29, 1.82) is 0 Å². The Balaban J connectivity index is 2.33. The van der Waals surface area contributed by atoms with E-state index < -0.39 is 0 Å². The topological polar surface area (TPSA) is 13.1 Å². The Bertz CT molecular complexity index is 700. The van der Waals surface area contributed by atoms with E-state index in [0.29, 0.717) is 5.92 Å². The monoisotopic (exact) mass is 266 g/mol. The molecular formula is C19H22O. The second-order valence-electron chi connectivity index (χ2n) is 5.95. The quantitative estimate of drug-likeness (QED) is 0.687. The zero-order valence-corrected chi connectivity index (χ0v) is 12.6. The van der Waals surface area contributed by atoms with Gasteiger partial charge in [-0.3, -0.25) is 0 Å². The van der Waals surface area contributed by atoms with Crippen LogP contribution in [0.25, 0.3) is 17.0 Å². The van der Waals surface area contributed by atoms with E-state index in [1.165, 1.54) is 46.1 Å². The minimum atomic E-state index is 0.561. The lowest BCUT2D eigenvalue weighted by Gasteiger charge is -2.23. The molecule has 1 heteroatoms. The van der Waals surface area contributed by atoms with Gasteiger partial charge in [-0.1, -0.05) is 44.6 Å². The van der Waals surface area contributed by atoms with Crippen LogP contribution in [0.3, 0.4) is 0 Å². The minimum Gasteiger partial charge on any atom is -0.464 e. The number of allylic oxidation sites excluding steroid dienone is 2.